The number of nitrogens with one attached hydrogen (secondary N) is 1. The SMILES string of the molecule is CC(Nc1nc(N)ncc1Br)C1CCC1. The normalized spacial score (nSPS) is 18.3. The number of aromatic nitrogens is 2. The van der Waals surface area contributed by atoms with Crippen molar-refractivity contribution in [1.82, 2.24) is 9.97 Å². The average molecular weight is 271 g/mol. The summed E-state index contributed by atoms with van der Waals surface area (Å²) in [7, 11) is 0. The fourth-order valence-electron chi connectivity index (χ4n) is 1.76. The van der Waals surface area contributed by atoms with Gasteiger partial charge in [-0.1, -0.05) is 6.42 Å². The minimum Gasteiger partial charge on any atom is -0.368 e. The summed E-state index contributed by atoms with van der Waals surface area (Å²) in [5.41, 5.74) is 5.54. The van der Waals surface area contributed by atoms with E-state index < -0.39 is 0 Å². The standard InChI is InChI=1S/C10H15BrN4/c1-6(7-3-2-4-7)14-9-8(11)5-13-10(12)15-9/h5-7H,2-4H2,1H3,(H3,12,13,14,15). The van der Waals surface area contributed by atoms with Crippen molar-refractivity contribution in [1.29, 1.82) is 0 Å². The predicted octanol–water partition coefficient (Wildman–Crippen LogP) is 2.42. The first-order chi connectivity index (χ1) is 7.16. The zero-order valence-corrected chi connectivity index (χ0v) is 10.3. The van der Waals surface area contributed by atoms with Crippen molar-refractivity contribution in [3.05, 3.63) is 10.7 Å². The molecule has 15 heavy (non-hydrogen) atoms. The lowest BCUT2D eigenvalue weighted by Gasteiger charge is -2.32. The van der Waals surface area contributed by atoms with Crippen LogP contribution in [0, 0.1) is 5.92 Å². The summed E-state index contributed by atoms with van der Waals surface area (Å²) in [5, 5.41) is 3.37. The zero-order valence-electron chi connectivity index (χ0n) is 8.70. The van der Waals surface area contributed by atoms with Gasteiger partial charge in [0.05, 0.1) is 4.47 Å². The maximum Gasteiger partial charge on any atom is 0.221 e. The monoisotopic (exact) mass is 270 g/mol. The van der Waals surface area contributed by atoms with E-state index in [0.29, 0.717) is 12.0 Å². The summed E-state index contributed by atoms with van der Waals surface area (Å²) in [6, 6.07) is 0.448. The molecule has 1 fully saturated rings. The quantitative estimate of drug-likeness (QED) is 0.886. The number of anilines is 2. The van der Waals surface area contributed by atoms with E-state index in [-0.39, 0.29) is 0 Å². The molecule has 0 amide bonds. The Kier molecular flexibility index (Phi) is 3.09. The predicted molar refractivity (Wildman–Crippen MR) is 64.6 cm³/mol. The van der Waals surface area contributed by atoms with Gasteiger partial charge in [-0.25, -0.2) is 4.98 Å². The molecule has 5 heteroatoms. The van der Waals surface area contributed by atoms with E-state index in [2.05, 4.69) is 38.1 Å². The third kappa shape index (κ3) is 2.40. The lowest BCUT2D eigenvalue weighted by Crippen LogP contribution is -2.31. The molecule has 1 heterocycles. The maximum absolute atomic E-state index is 5.54. The van der Waals surface area contributed by atoms with Crippen molar-refractivity contribution < 1.29 is 0 Å². The number of rotatable bonds is 3. The molecule has 1 aliphatic rings. The van der Waals surface area contributed by atoms with Crippen LogP contribution in [0.2, 0.25) is 0 Å². The molecule has 1 aromatic rings. The van der Waals surface area contributed by atoms with Gasteiger partial charge < -0.3 is 11.1 Å². The molecule has 1 unspecified atom stereocenters. The van der Waals surface area contributed by atoms with Gasteiger partial charge in [0.25, 0.3) is 0 Å². The second kappa shape index (κ2) is 4.35. The van der Waals surface area contributed by atoms with E-state index in [1.54, 1.807) is 6.20 Å². The van der Waals surface area contributed by atoms with Crippen molar-refractivity contribution in [2.45, 2.75) is 32.2 Å². The molecule has 0 aromatic carbocycles. The second-order valence-corrected chi connectivity index (χ2v) is 4.90. The van der Waals surface area contributed by atoms with E-state index in [0.717, 1.165) is 16.2 Å². The van der Waals surface area contributed by atoms with Crippen LogP contribution in [-0.4, -0.2) is 16.0 Å². The second-order valence-electron chi connectivity index (χ2n) is 4.05. The third-order valence-electron chi connectivity index (χ3n) is 2.98. The molecule has 3 N–H and O–H groups in total. The van der Waals surface area contributed by atoms with Gasteiger partial charge in [0.1, 0.15) is 5.82 Å². The van der Waals surface area contributed by atoms with Crippen molar-refractivity contribution in [2.75, 3.05) is 11.1 Å². The van der Waals surface area contributed by atoms with E-state index in [9.17, 15) is 0 Å². The highest BCUT2D eigenvalue weighted by Gasteiger charge is 2.24. The van der Waals surface area contributed by atoms with Gasteiger partial charge in [-0.3, -0.25) is 0 Å². The molecule has 4 nitrogen and oxygen atoms in total. The van der Waals surface area contributed by atoms with Gasteiger partial charge in [0.15, 0.2) is 0 Å². The summed E-state index contributed by atoms with van der Waals surface area (Å²) in [4.78, 5) is 8.07. The number of nitrogen functional groups attached to an aromatic ring is 1. The van der Waals surface area contributed by atoms with E-state index in [1.807, 2.05) is 0 Å². The molecule has 0 aliphatic heterocycles. The van der Waals surface area contributed by atoms with Crippen LogP contribution in [0.5, 0.6) is 0 Å². The number of hydrogen-bond donors (Lipinski definition) is 2. The summed E-state index contributed by atoms with van der Waals surface area (Å²) in [5.74, 6) is 1.87. The largest absolute Gasteiger partial charge is 0.368 e. The number of hydrogen-bond acceptors (Lipinski definition) is 4. The fraction of sp³-hybridized carbons (Fsp3) is 0.600. The minimum atomic E-state index is 0.307. The summed E-state index contributed by atoms with van der Waals surface area (Å²) in [6.07, 6.45) is 5.65. The average Bonchev–Trinajstić information content (AvgIpc) is 2.08. The van der Waals surface area contributed by atoms with Gasteiger partial charge in [-0.2, -0.15) is 4.98 Å². The Morgan fingerprint density at radius 3 is 2.93 bits per heavy atom. The van der Waals surface area contributed by atoms with Crippen LogP contribution in [0.15, 0.2) is 10.7 Å². The van der Waals surface area contributed by atoms with Crippen LogP contribution in [0.1, 0.15) is 26.2 Å². The lowest BCUT2D eigenvalue weighted by molar-refractivity contribution is 0.285. The molecule has 2 rings (SSSR count). The van der Waals surface area contributed by atoms with Crippen molar-refractivity contribution in [3.63, 3.8) is 0 Å². The van der Waals surface area contributed by atoms with Gasteiger partial charge >= 0.3 is 0 Å². The topological polar surface area (TPSA) is 63.8 Å². The number of halogens is 1. The van der Waals surface area contributed by atoms with Crippen LogP contribution in [0.25, 0.3) is 0 Å². The summed E-state index contributed by atoms with van der Waals surface area (Å²) in [6.45, 7) is 2.19. The Morgan fingerprint density at radius 1 is 1.60 bits per heavy atom. The molecule has 0 bridgehead atoms. The summed E-state index contributed by atoms with van der Waals surface area (Å²) < 4.78 is 0.864. The van der Waals surface area contributed by atoms with Crippen molar-refractivity contribution >= 4 is 27.7 Å². The molecule has 1 saturated carbocycles. The summed E-state index contributed by atoms with van der Waals surface area (Å²) >= 11 is 3.40. The number of nitrogens with two attached hydrogens (primary N) is 1. The molecule has 82 valence electrons. The molecular formula is C10H15BrN4. The van der Waals surface area contributed by atoms with E-state index in [1.165, 1.54) is 19.3 Å². The maximum atomic E-state index is 5.54. The molecule has 1 aromatic heterocycles. The lowest BCUT2D eigenvalue weighted by atomic mass is 9.80. The van der Waals surface area contributed by atoms with E-state index >= 15 is 0 Å². The van der Waals surface area contributed by atoms with Crippen LogP contribution in [-0.2, 0) is 0 Å². The van der Waals surface area contributed by atoms with Gasteiger partial charge in [0.2, 0.25) is 5.95 Å². The molecule has 0 radical (unpaired) electrons. The van der Waals surface area contributed by atoms with Crippen molar-refractivity contribution in [2.24, 2.45) is 5.92 Å². The Labute approximate surface area is 97.8 Å². The van der Waals surface area contributed by atoms with Crippen LogP contribution in [0.3, 0.4) is 0 Å². The Balaban J connectivity index is 2.05. The van der Waals surface area contributed by atoms with Gasteiger partial charge in [-0.05, 0) is 41.6 Å². The fourth-order valence-corrected chi connectivity index (χ4v) is 2.06. The Bertz CT molecular complexity index is 351. The highest BCUT2D eigenvalue weighted by molar-refractivity contribution is 9.10. The van der Waals surface area contributed by atoms with Crippen LogP contribution in [0.4, 0.5) is 11.8 Å². The molecule has 0 spiro atoms. The molecular weight excluding hydrogens is 256 g/mol. The first kappa shape index (κ1) is 10.7. The van der Waals surface area contributed by atoms with Crippen molar-refractivity contribution in [3.8, 4) is 0 Å². The molecule has 0 saturated heterocycles. The van der Waals surface area contributed by atoms with Gasteiger partial charge in [-0.15, -0.1) is 0 Å². The Hall–Kier alpha value is -0.840. The smallest absolute Gasteiger partial charge is 0.221 e. The van der Waals surface area contributed by atoms with Crippen LogP contribution >= 0.6 is 15.9 Å². The molecule has 1 atom stereocenters. The zero-order chi connectivity index (χ0) is 10.8. The molecule has 1 aliphatic carbocycles. The highest BCUT2D eigenvalue weighted by atomic mass is 79.9. The highest BCUT2D eigenvalue weighted by Crippen LogP contribution is 2.31. The Morgan fingerprint density at radius 2 is 2.33 bits per heavy atom. The number of nitrogens with zero attached hydrogens (tertiary/aromatic N) is 2. The van der Waals surface area contributed by atoms with E-state index in [4.69, 9.17) is 5.73 Å². The minimum absolute atomic E-state index is 0.307. The third-order valence-corrected chi connectivity index (χ3v) is 3.56. The first-order valence-corrected chi connectivity index (χ1v) is 6.00. The van der Waals surface area contributed by atoms with Crippen LogP contribution < -0.4 is 11.1 Å². The first-order valence-electron chi connectivity index (χ1n) is 5.21. The van der Waals surface area contributed by atoms with Gasteiger partial charge in [0, 0.05) is 12.2 Å².